The van der Waals surface area contributed by atoms with Gasteiger partial charge in [-0.25, -0.2) is 0 Å². The molecule has 50 valence electrons. The molecule has 0 aliphatic rings. The normalized spacial score (nSPS) is 19.1. The smallest absolute Gasteiger partial charge is 0.0233 e. The Balaban J connectivity index is 3.71. The van der Waals surface area contributed by atoms with Gasteiger partial charge < -0.3 is 0 Å². The Morgan fingerprint density at radius 2 is 2.00 bits per heavy atom. The van der Waals surface area contributed by atoms with Crippen LogP contribution in [-0.4, -0.2) is 13.3 Å². The van der Waals surface area contributed by atoms with Gasteiger partial charge in [-0.1, -0.05) is 43.4 Å². The van der Waals surface area contributed by atoms with E-state index in [2.05, 4.69) is 43.4 Å². The zero-order valence-corrected chi connectivity index (χ0v) is 10.3. The van der Waals surface area contributed by atoms with E-state index < -0.39 is 0 Å². The molecule has 0 N–H and O–H groups in total. The maximum atomic E-state index is 2.59. The summed E-state index contributed by atoms with van der Waals surface area (Å²) in [6, 6.07) is 0. The third-order valence-corrected chi connectivity index (χ3v) is 5.77. The van der Waals surface area contributed by atoms with Crippen LogP contribution >= 0.6 is 22.6 Å². The standard InChI is InChI=1S/C6H15ISi/c1-4-6(7,8)5(2)3/h5H,4H2,1-3,8H3. The van der Waals surface area contributed by atoms with Gasteiger partial charge in [0.1, 0.15) is 0 Å². The number of rotatable bonds is 2. The van der Waals surface area contributed by atoms with E-state index in [-0.39, 0.29) is 0 Å². The fourth-order valence-corrected chi connectivity index (χ4v) is 0.408. The van der Waals surface area contributed by atoms with Crippen LogP contribution in [-0.2, 0) is 0 Å². The monoisotopic (exact) mass is 242 g/mol. The van der Waals surface area contributed by atoms with Crippen LogP contribution in [0.25, 0.3) is 0 Å². The van der Waals surface area contributed by atoms with Gasteiger partial charge in [0, 0.05) is 13.3 Å². The topological polar surface area (TPSA) is 0 Å². The zero-order chi connectivity index (χ0) is 6.78. The van der Waals surface area contributed by atoms with E-state index in [4.69, 9.17) is 0 Å². The second-order valence-electron chi connectivity index (χ2n) is 2.79. The molecule has 0 spiro atoms. The van der Waals surface area contributed by atoms with E-state index in [0.717, 1.165) is 5.92 Å². The molecule has 1 atom stereocenters. The van der Waals surface area contributed by atoms with Crippen molar-refractivity contribution >= 4 is 32.8 Å². The molecule has 0 amide bonds. The van der Waals surface area contributed by atoms with Crippen LogP contribution < -0.4 is 0 Å². The molecular formula is C6H15ISi. The van der Waals surface area contributed by atoms with Crippen molar-refractivity contribution in [2.24, 2.45) is 5.92 Å². The van der Waals surface area contributed by atoms with Gasteiger partial charge in [-0.2, -0.15) is 0 Å². The maximum Gasteiger partial charge on any atom is 0.0233 e. The first-order valence-corrected chi connectivity index (χ1v) is 5.27. The molecule has 0 radical (unpaired) electrons. The molecular weight excluding hydrogens is 227 g/mol. The van der Waals surface area contributed by atoms with Gasteiger partial charge in [-0.05, 0) is 12.3 Å². The lowest BCUT2D eigenvalue weighted by molar-refractivity contribution is 0.566. The minimum absolute atomic E-state index is 0.651. The summed E-state index contributed by atoms with van der Waals surface area (Å²) in [4.78, 5) is 0. The fraction of sp³-hybridized carbons (Fsp3) is 1.00. The molecule has 0 saturated heterocycles. The van der Waals surface area contributed by atoms with Crippen LogP contribution in [0.3, 0.4) is 0 Å². The first-order chi connectivity index (χ1) is 3.50. The van der Waals surface area contributed by atoms with E-state index in [1.165, 1.54) is 16.7 Å². The van der Waals surface area contributed by atoms with Crippen LogP contribution in [0.1, 0.15) is 27.2 Å². The van der Waals surface area contributed by atoms with Crippen molar-refractivity contribution in [3.8, 4) is 0 Å². The zero-order valence-electron chi connectivity index (χ0n) is 6.16. The van der Waals surface area contributed by atoms with E-state index in [1.807, 2.05) is 0 Å². The Morgan fingerprint density at radius 1 is 1.62 bits per heavy atom. The summed E-state index contributed by atoms with van der Waals surface area (Å²) in [5.41, 5.74) is 0. The van der Waals surface area contributed by atoms with E-state index in [1.54, 1.807) is 0 Å². The van der Waals surface area contributed by atoms with Crippen molar-refractivity contribution in [3.05, 3.63) is 0 Å². The van der Waals surface area contributed by atoms with Gasteiger partial charge in [0.2, 0.25) is 0 Å². The first-order valence-electron chi connectivity index (χ1n) is 3.19. The lowest BCUT2D eigenvalue weighted by Gasteiger charge is -2.24. The fourth-order valence-electron chi connectivity index (χ4n) is 0.408. The number of hydrogen-bond acceptors (Lipinski definition) is 0. The van der Waals surface area contributed by atoms with E-state index >= 15 is 0 Å². The van der Waals surface area contributed by atoms with E-state index in [0.29, 0.717) is 3.04 Å². The van der Waals surface area contributed by atoms with Crippen molar-refractivity contribution in [2.45, 2.75) is 30.2 Å². The Morgan fingerprint density at radius 3 is 2.00 bits per heavy atom. The Labute approximate surface area is 69.0 Å². The maximum absolute atomic E-state index is 2.59. The highest BCUT2D eigenvalue weighted by atomic mass is 127. The summed E-state index contributed by atoms with van der Waals surface area (Å²) in [5, 5.41) is 0. The van der Waals surface area contributed by atoms with Gasteiger partial charge in [0.25, 0.3) is 0 Å². The predicted molar refractivity (Wildman–Crippen MR) is 51.8 cm³/mol. The third-order valence-electron chi connectivity index (χ3n) is 1.90. The average Bonchev–Trinajstić information content (AvgIpc) is 1.67. The molecule has 0 aliphatic heterocycles. The highest BCUT2D eigenvalue weighted by molar-refractivity contribution is 14.1. The molecule has 0 aromatic carbocycles. The van der Waals surface area contributed by atoms with Gasteiger partial charge in [-0.3, -0.25) is 0 Å². The molecule has 2 heteroatoms. The molecule has 0 aromatic rings. The van der Waals surface area contributed by atoms with Crippen LogP contribution in [0, 0.1) is 5.92 Å². The van der Waals surface area contributed by atoms with Crippen molar-refractivity contribution < 1.29 is 0 Å². The lowest BCUT2D eigenvalue weighted by atomic mass is 10.1. The first kappa shape index (κ1) is 8.95. The average molecular weight is 242 g/mol. The third kappa shape index (κ3) is 2.48. The molecule has 0 fully saturated rings. The molecule has 0 heterocycles. The quantitative estimate of drug-likeness (QED) is 0.391. The lowest BCUT2D eigenvalue weighted by Crippen LogP contribution is -2.26. The highest BCUT2D eigenvalue weighted by Crippen LogP contribution is 2.27. The molecule has 0 rings (SSSR count). The summed E-state index contributed by atoms with van der Waals surface area (Å²) in [7, 11) is 1.32. The van der Waals surface area contributed by atoms with Crippen LogP contribution in [0.15, 0.2) is 0 Å². The summed E-state index contributed by atoms with van der Waals surface area (Å²) in [6.45, 7) is 6.89. The van der Waals surface area contributed by atoms with Gasteiger partial charge in [-0.15, -0.1) is 0 Å². The minimum Gasteiger partial charge on any atom is -0.0832 e. The second kappa shape index (κ2) is 3.20. The molecule has 0 bridgehead atoms. The minimum atomic E-state index is 0.651. The van der Waals surface area contributed by atoms with Crippen molar-refractivity contribution in [2.75, 3.05) is 0 Å². The van der Waals surface area contributed by atoms with E-state index in [9.17, 15) is 0 Å². The molecule has 0 aromatic heterocycles. The summed E-state index contributed by atoms with van der Waals surface area (Å²) in [5.74, 6) is 0.861. The molecule has 1 unspecified atom stereocenters. The summed E-state index contributed by atoms with van der Waals surface area (Å²) < 4.78 is 0.651. The molecule has 8 heavy (non-hydrogen) atoms. The molecule has 0 aliphatic carbocycles. The van der Waals surface area contributed by atoms with Crippen LogP contribution in [0.5, 0.6) is 0 Å². The molecule has 0 saturated carbocycles. The second-order valence-corrected chi connectivity index (χ2v) is 9.07. The number of halogens is 1. The summed E-state index contributed by atoms with van der Waals surface area (Å²) in [6.07, 6.45) is 1.33. The number of hydrogen-bond donors (Lipinski definition) is 0. The van der Waals surface area contributed by atoms with Crippen LogP contribution in [0.4, 0.5) is 0 Å². The molecule has 0 nitrogen and oxygen atoms in total. The van der Waals surface area contributed by atoms with Crippen molar-refractivity contribution in [3.63, 3.8) is 0 Å². The summed E-state index contributed by atoms with van der Waals surface area (Å²) >= 11 is 2.59. The Kier molecular flexibility index (Phi) is 3.58. The van der Waals surface area contributed by atoms with Crippen molar-refractivity contribution in [1.29, 1.82) is 0 Å². The van der Waals surface area contributed by atoms with Gasteiger partial charge in [0.15, 0.2) is 0 Å². The highest BCUT2D eigenvalue weighted by Gasteiger charge is 2.20. The Hall–Kier alpha value is 0.947. The predicted octanol–water partition coefficient (Wildman–Crippen LogP) is 1.55. The Bertz CT molecular complexity index is 68.9. The van der Waals surface area contributed by atoms with Gasteiger partial charge >= 0.3 is 0 Å². The van der Waals surface area contributed by atoms with Crippen LogP contribution in [0.2, 0.25) is 0 Å². The van der Waals surface area contributed by atoms with Gasteiger partial charge in [0.05, 0.1) is 0 Å². The SMILES string of the molecule is CCC([SiH3])(I)C(C)C. The van der Waals surface area contributed by atoms with Crippen molar-refractivity contribution in [1.82, 2.24) is 0 Å². The largest absolute Gasteiger partial charge is 0.0832 e. The number of alkyl halides is 1.